The van der Waals surface area contributed by atoms with Crippen LogP contribution in [-0.4, -0.2) is 38.8 Å². The van der Waals surface area contributed by atoms with Crippen LogP contribution in [0.15, 0.2) is 55.2 Å². The van der Waals surface area contributed by atoms with E-state index in [0.29, 0.717) is 17.8 Å². The fraction of sp³-hybridized carbons (Fsp3) is 0.222. The normalized spacial score (nSPS) is 11.8. The Morgan fingerprint density at radius 2 is 2.16 bits per heavy atom. The molecule has 1 atom stereocenters. The molecular formula is C18H19N5O2. The Labute approximate surface area is 145 Å². The van der Waals surface area contributed by atoms with Crippen molar-refractivity contribution in [2.75, 3.05) is 7.11 Å². The van der Waals surface area contributed by atoms with Crippen LogP contribution in [0.3, 0.4) is 0 Å². The molecule has 7 nitrogen and oxygen atoms in total. The molecule has 1 aromatic carbocycles. The van der Waals surface area contributed by atoms with Gasteiger partial charge in [-0.15, -0.1) is 0 Å². The van der Waals surface area contributed by atoms with Gasteiger partial charge < -0.3 is 10.1 Å². The van der Waals surface area contributed by atoms with Gasteiger partial charge in [-0.25, -0.2) is 14.6 Å². The molecular weight excluding hydrogens is 318 g/mol. The highest BCUT2D eigenvalue weighted by Gasteiger charge is 2.13. The van der Waals surface area contributed by atoms with Crippen molar-refractivity contribution in [2.45, 2.75) is 19.4 Å². The molecule has 0 spiro atoms. The van der Waals surface area contributed by atoms with Gasteiger partial charge in [-0.2, -0.15) is 5.10 Å². The molecule has 3 rings (SSSR count). The summed E-state index contributed by atoms with van der Waals surface area (Å²) in [6, 6.07) is 11.1. The highest BCUT2D eigenvalue weighted by Crippen LogP contribution is 2.19. The molecule has 0 fully saturated rings. The zero-order valence-corrected chi connectivity index (χ0v) is 14.1. The van der Waals surface area contributed by atoms with Crippen molar-refractivity contribution in [1.82, 2.24) is 25.1 Å². The Balaban J connectivity index is 1.68. The van der Waals surface area contributed by atoms with Crippen LogP contribution in [0.1, 0.15) is 22.8 Å². The molecule has 0 aliphatic heterocycles. The van der Waals surface area contributed by atoms with E-state index < -0.39 is 0 Å². The van der Waals surface area contributed by atoms with Gasteiger partial charge in [0, 0.05) is 17.8 Å². The number of nitrogens with one attached hydrogen (secondary N) is 1. The third-order valence-corrected chi connectivity index (χ3v) is 3.76. The maximum absolute atomic E-state index is 12.5. The van der Waals surface area contributed by atoms with E-state index in [1.165, 1.54) is 17.3 Å². The molecule has 1 N–H and O–H groups in total. The van der Waals surface area contributed by atoms with Crippen LogP contribution in [0.5, 0.6) is 5.75 Å². The number of benzene rings is 1. The number of pyridine rings is 1. The Bertz CT molecular complexity index is 848. The van der Waals surface area contributed by atoms with E-state index in [1.807, 2.05) is 31.2 Å². The number of methoxy groups -OCH3 is 1. The van der Waals surface area contributed by atoms with Crippen molar-refractivity contribution < 1.29 is 9.53 Å². The summed E-state index contributed by atoms with van der Waals surface area (Å²) >= 11 is 0. The van der Waals surface area contributed by atoms with Gasteiger partial charge in [0.05, 0.1) is 7.11 Å². The molecule has 0 saturated carbocycles. The predicted octanol–water partition coefficient (Wildman–Crippen LogP) is 2.03. The largest absolute Gasteiger partial charge is 0.496 e. The summed E-state index contributed by atoms with van der Waals surface area (Å²) in [6.45, 7) is 1.96. The summed E-state index contributed by atoms with van der Waals surface area (Å²) in [6.07, 6.45) is 5.21. The SMILES string of the molecule is COc1ccccc1CC(C)NC(=O)c1ccnc(-n2cncn2)c1. The Hall–Kier alpha value is -3.22. The van der Waals surface area contributed by atoms with E-state index in [0.717, 1.165) is 11.3 Å². The number of ether oxygens (including phenoxy) is 1. The van der Waals surface area contributed by atoms with E-state index in [9.17, 15) is 4.79 Å². The summed E-state index contributed by atoms with van der Waals surface area (Å²) in [4.78, 5) is 20.6. The first kappa shape index (κ1) is 16.6. The van der Waals surface area contributed by atoms with E-state index >= 15 is 0 Å². The number of hydrogen-bond donors (Lipinski definition) is 1. The fourth-order valence-corrected chi connectivity index (χ4v) is 2.57. The van der Waals surface area contributed by atoms with Crippen molar-refractivity contribution in [3.05, 3.63) is 66.4 Å². The molecule has 25 heavy (non-hydrogen) atoms. The first-order valence-corrected chi connectivity index (χ1v) is 7.91. The van der Waals surface area contributed by atoms with Gasteiger partial charge in [-0.1, -0.05) is 18.2 Å². The topological polar surface area (TPSA) is 81.9 Å². The summed E-state index contributed by atoms with van der Waals surface area (Å²) < 4.78 is 6.87. The number of nitrogens with zero attached hydrogens (tertiary/aromatic N) is 4. The Kier molecular flexibility index (Phi) is 5.03. The van der Waals surface area contributed by atoms with Gasteiger partial charge in [0.15, 0.2) is 5.82 Å². The second-order valence-corrected chi connectivity index (χ2v) is 5.63. The van der Waals surface area contributed by atoms with Crippen LogP contribution >= 0.6 is 0 Å². The Morgan fingerprint density at radius 1 is 1.32 bits per heavy atom. The van der Waals surface area contributed by atoms with Gasteiger partial charge >= 0.3 is 0 Å². The summed E-state index contributed by atoms with van der Waals surface area (Å²) in [5, 5.41) is 7.02. The van der Waals surface area contributed by atoms with Crippen molar-refractivity contribution in [3.63, 3.8) is 0 Å². The van der Waals surface area contributed by atoms with Gasteiger partial charge in [0.1, 0.15) is 18.4 Å². The van der Waals surface area contributed by atoms with Crippen LogP contribution < -0.4 is 10.1 Å². The second kappa shape index (κ2) is 7.57. The highest BCUT2D eigenvalue weighted by molar-refractivity contribution is 5.94. The zero-order valence-electron chi connectivity index (χ0n) is 14.1. The third kappa shape index (κ3) is 4.00. The first-order valence-electron chi connectivity index (χ1n) is 7.91. The molecule has 1 amide bonds. The minimum Gasteiger partial charge on any atom is -0.496 e. The number of aromatic nitrogens is 4. The molecule has 2 heterocycles. The van der Waals surface area contributed by atoms with Crippen LogP contribution in [0.2, 0.25) is 0 Å². The quantitative estimate of drug-likeness (QED) is 0.744. The van der Waals surface area contributed by atoms with Crippen molar-refractivity contribution in [3.8, 4) is 11.6 Å². The summed E-state index contributed by atoms with van der Waals surface area (Å²) in [7, 11) is 1.64. The van der Waals surface area contributed by atoms with Crippen LogP contribution in [0, 0.1) is 0 Å². The molecule has 1 unspecified atom stereocenters. The zero-order chi connectivity index (χ0) is 17.6. The monoisotopic (exact) mass is 337 g/mol. The van der Waals surface area contributed by atoms with E-state index in [4.69, 9.17) is 4.74 Å². The van der Waals surface area contributed by atoms with Gasteiger partial charge in [0.2, 0.25) is 0 Å². The van der Waals surface area contributed by atoms with E-state index in [2.05, 4.69) is 20.4 Å². The lowest BCUT2D eigenvalue weighted by atomic mass is 10.1. The van der Waals surface area contributed by atoms with Gasteiger partial charge in [-0.3, -0.25) is 4.79 Å². The number of rotatable bonds is 6. The molecule has 7 heteroatoms. The molecule has 0 bridgehead atoms. The predicted molar refractivity (Wildman–Crippen MR) is 92.8 cm³/mol. The lowest BCUT2D eigenvalue weighted by Crippen LogP contribution is -2.34. The minimum absolute atomic E-state index is 0.0493. The summed E-state index contributed by atoms with van der Waals surface area (Å²) in [5.41, 5.74) is 1.57. The molecule has 128 valence electrons. The maximum Gasteiger partial charge on any atom is 0.251 e. The third-order valence-electron chi connectivity index (χ3n) is 3.76. The van der Waals surface area contributed by atoms with Crippen LogP contribution in [0.25, 0.3) is 5.82 Å². The lowest BCUT2D eigenvalue weighted by molar-refractivity contribution is 0.0940. The van der Waals surface area contributed by atoms with Gasteiger partial charge in [-0.05, 0) is 37.1 Å². The van der Waals surface area contributed by atoms with Crippen LogP contribution in [-0.2, 0) is 6.42 Å². The van der Waals surface area contributed by atoms with Crippen molar-refractivity contribution in [2.24, 2.45) is 0 Å². The fourth-order valence-electron chi connectivity index (χ4n) is 2.57. The highest BCUT2D eigenvalue weighted by atomic mass is 16.5. The Morgan fingerprint density at radius 3 is 2.92 bits per heavy atom. The molecule has 0 radical (unpaired) electrons. The average molecular weight is 337 g/mol. The molecule has 0 aliphatic carbocycles. The number of amides is 1. The van der Waals surface area contributed by atoms with Gasteiger partial charge in [0.25, 0.3) is 5.91 Å². The number of carbonyl (C=O) groups excluding carboxylic acids is 1. The van der Waals surface area contributed by atoms with Crippen molar-refractivity contribution >= 4 is 5.91 Å². The smallest absolute Gasteiger partial charge is 0.251 e. The molecule has 0 aliphatic rings. The van der Waals surface area contributed by atoms with E-state index in [-0.39, 0.29) is 11.9 Å². The van der Waals surface area contributed by atoms with E-state index in [1.54, 1.807) is 25.4 Å². The number of para-hydroxylation sites is 1. The average Bonchev–Trinajstić information content (AvgIpc) is 3.17. The lowest BCUT2D eigenvalue weighted by Gasteiger charge is -2.16. The first-order chi connectivity index (χ1) is 12.2. The number of carbonyl (C=O) groups is 1. The molecule has 0 saturated heterocycles. The second-order valence-electron chi connectivity index (χ2n) is 5.63. The minimum atomic E-state index is -0.161. The maximum atomic E-state index is 12.5. The van der Waals surface area contributed by atoms with Crippen LogP contribution in [0.4, 0.5) is 0 Å². The summed E-state index contributed by atoms with van der Waals surface area (Å²) in [5.74, 6) is 1.20. The molecule has 2 aromatic heterocycles. The number of hydrogen-bond acceptors (Lipinski definition) is 5. The van der Waals surface area contributed by atoms with Crippen molar-refractivity contribution in [1.29, 1.82) is 0 Å². The standard InChI is InChI=1S/C18H19N5O2/c1-13(9-14-5-3-4-6-16(14)25-2)22-18(24)15-7-8-20-17(10-15)23-12-19-11-21-23/h3-8,10-13H,9H2,1-2H3,(H,22,24). The molecule has 3 aromatic rings.